The number of hydrogen-bond acceptors (Lipinski definition) is 18. The Kier molecular flexibility index (Phi) is 10.7. The number of fused-ring (bicyclic) bond motifs is 7. The van der Waals surface area contributed by atoms with Crippen LogP contribution < -0.4 is 11.0 Å². The van der Waals surface area contributed by atoms with E-state index >= 15 is 0 Å². The van der Waals surface area contributed by atoms with Crippen molar-refractivity contribution in [2.75, 3.05) is 0 Å². The number of carbonyl (C=O) groups is 3. The van der Waals surface area contributed by atoms with Crippen LogP contribution in [0.15, 0.2) is 64.5 Å². The SMILES string of the molecule is CC[C@H](OC(=O)[C@@H](C)ON=C1c2cc([N+](=O)[O-])cc([N+](=O)[O-])c2-c2c1cc([N+](=O)[O-])cc2[N+](=O)[O-])c1cc2n(c(=O)c1COC=O)Cc1cc3cc([B]OC=O)ccc3nc1-2. The summed E-state index contributed by atoms with van der Waals surface area (Å²) in [6, 6.07) is 11.3. The first kappa shape index (κ1) is 40.8. The van der Waals surface area contributed by atoms with Crippen molar-refractivity contribution in [2.45, 2.75) is 45.6 Å². The maximum atomic E-state index is 14.0. The number of carbonyl (C=O) groups excluding carboxylic acids is 3. The molecule has 3 heterocycles. The molecule has 3 aromatic carbocycles. The minimum absolute atomic E-state index is 0.0184. The maximum Gasteiger partial charge on any atom is 0.412 e. The van der Waals surface area contributed by atoms with Gasteiger partial charge in [0.1, 0.15) is 18.4 Å². The van der Waals surface area contributed by atoms with E-state index in [0.29, 0.717) is 45.4 Å². The highest BCUT2D eigenvalue weighted by molar-refractivity contribution is 6.48. The average Bonchev–Trinajstić information content (AvgIpc) is 3.76. The molecule has 5 aromatic rings. The first-order valence-corrected chi connectivity index (χ1v) is 17.7. The Morgan fingerprint density at radius 3 is 2.10 bits per heavy atom. The monoisotopic (exact) mass is 834 g/mol. The quantitative estimate of drug-likeness (QED) is 0.0437. The van der Waals surface area contributed by atoms with E-state index in [0.717, 1.165) is 12.1 Å². The molecule has 307 valence electrons. The molecule has 23 nitrogen and oxygen atoms in total. The van der Waals surface area contributed by atoms with E-state index in [4.69, 9.17) is 23.9 Å². The molecule has 7 rings (SSSR count). The van der Waals surface area contributed by atoms with Gasteiger partial charge in [0.15, 0.2) is 0 Å². The van der Waals surface area contributed by atoms with Crippen molar-refractivity contribution in [1.82, 2.24) is 9.55 Å². The molecule has 0 fully saturated rings. The summed E-state index contributed by atoms with van der Waals surface area (Å²) in [7, 11) is 1.26. The minimum atomic E-state index is -1.64. The number of aromatic nitrogens is 2. The van der Waals surface area contributed by atoms with Crippen molar-refractivity contribution in [3.05, 3.63) is 133 Å². The lowest BCUT2D eigenvalue weighted by Gasteiger charge is -2.22. The Bertz CT molecular complexity index is 2800. The molecular formula is C37H25BN7O16. The Labute approximate surface area is 340 Å². The van der Waals surface area contributed by atoms with Crippen LogP contribution in [0, 0.1) is 40.5 Å². The van der Waals surface area contributed by atoms with Gasteiger partial charge < -0.3 is 23.5 Å². The number of oxime groups is 1. The van der Waals surface area contributed by atoms with E-state index in [1.807, 2.05) is 6.07 Å². The zero-order valence-electron chi connectivity index (χ0n) is 31.4. The number of nitrogens with zero attached hydrogens (tertiary/aromatic N) is 7. The number of rotatable bonds is 16. The summed E-state index contributed by atoms with van der Waals surface area (Å²) < 4.78 is 16.9. The number of ether oxygens (including phenoxy) is 2. The molecule has 0 saturated heterocycles. The van der Waals surface area contributed by atoms with Gasteiger partial charge in [0.25, 0.3) is 41.3 Å². The van der Waals surface area contributed by atoms with Crippen molar-refractivity contribution in [3.8, 4) is 22.5 Å². The highest BCUT2D eigenvalue weighted by atomic mass is 16.7. The molecule has 0 spiro atoms. The van der Waals surface area contributed by atoms with Gasteiger partial charge in [0.05, 0.1) is 72.0 Å². The van der Waals surface area contributed by atoms with Crippen LogP contribution in [0.5, 0.6) is 0 Å². The first-order chi connectivity index (χ1) is 29.2. The average molecular weight is 834 g/mol. The van der Waals surface area contributed by atoms with Crippen molar-refractivity contribution in [2.24, 2.45) is 5.16 Å². The number of nitro groups is 4. The van der Waals surface area contributed by atoms with Gasteiger partial charge in [-0.05, 0) is 37.0 Å². The molecule has 2 atom stereocenters. The molecule has 24 heteroatoms. The number of hydrogen-bond donors (Lipinski definition) is 0. The molecule has 0 N–H and O–H groups in total. The van der Waals surface area contributed by atoms with Crippen LogP contribution in [0.25, 0.3) is 33.4 Å². The zero-order valence-corrected chi connectivity index (χ0v) is 31.4. The van der Waals surface area contributed by atoms with E-state index in [1.165, 1.54) is 19.0 Å². The molecule has 0 saturated carbocycles. The van der Waals surface area contributed by atoms with E-state index < -0.39 is 101 Å². The molecule has 1 aliphatic heterocycles. The van der Waals surface area contributed by atoms with Crippen LogP contribution >= 0.6 is 0 Å². The lowest BCUT2D eigenvalue weighted by Crippen LogP contribution is -2.29. The lowest BCUT2D eigenvalue weighted by molar-refractivity contribution is -0.395. The highest BCUT2D eigenvalue weighted by Crippen LogP contribution is 2.50. The number of nitro benzene ring substituents is 4. The Morgan fingerprint density at radius 1 is 0.902 bits per heavy atom. The summed E-state index contributed by atoms with van der Waals surface area (Å²) in [5.74, 6) is -1.09. The van der Waals surface area contributed by atoms with Gasteiger partial charge in [0.2, 0.25) is 6.10 Å². The summed E-state index contributed by atoms with van der Waals surface area (Å²) in [4.78, 5) is 104. The molecule has 61 heavy (non-hydrogen) atoms. The summed E-state index contributed by atoms with van der Waals surface area (Å²) in [5, 5.41) is 52.4. The molecule has 1 radical (unpaired) electrons. The summed E-state index contributed by atoms with van der Waals surface area (Å²) >= 11 is 0. The van der Waals surface area contributed by atoms with Crippen molar-refractivity contribution < 1.29 is 53.0 Å². The molecule has 0 amide bonds. The van der Waals surface area contributed by atoms with Crippen molar-refractivity contribution in [3.63, 3.8) is 0 Å². The van der Waals surface area contributed by atoms with Gasteiger partial charge in [-0.25, -0.2) is 9.78 Å². The predicted molar refractivity (Wildman–Crippen MR) is 208 cm³/mol. The largest absolute Gasteiger partial charge is 0.535 e. The minimum Gasteiger partial charge on any atom is -0.535 e. The molecule has 0 unspecified atom stereocenters. The lowest BCUT2D eigenvalue weighted by atomic mass is 9.87. The molecule has 2 aliphatic rings. The summed E-state index contributed by atoms with van der Waals surface area (Å²) in [5.41, 5.74) is -3.71. The van der Waals surface area contributed by atoms with Gasteiger partial charge >= 0.3 is 13.5 Å². The maximum absolute atomic E-state index is 14.0. The van der Waals surface area contributed by atoms with Gasteiger partial charge in [-0.15, -0.1) is 0 Å². The fourth-order valence-electron chi connectivity index (χ4n) is 7.18. The second kappa shape index (κ2) is 16.1. The highest BCUT2D eigenvalue weighted by Gasteiger charge is 2.42. The van der Waals surface area contributed by atoms with Gasteiger partial charge in [-0.3, -0.25) is 54.8 Å². The normalized spacial score (nSPS) is 12.8. The van der Waals surface area contributed by atoms with Gasteiger partial charge in [0, 0.05) is 39.8 Å². The van der Waals surface area contributed by atoms with Crippen LogP contribution in [0.4, 0.5) is 22.7 Å². The third-order valence-electron chi connectivity index (χ3n) is 9.87. The van der Waals surface area contributed by atoms with E-state index in [9.17, 15) is 59.6 Å². The second-order valence-electron chi connectivity index (χ2n) is 13.4. The number of esters is 1. The van der Waals surface area contributed by atoms with Crippen molar-refractivity contribution >= 4 is 71.2 Å². The first-order valence-electron chi connectivity index (χ1n) is 17.7. The Hall–Kier alpha value is -8.44. The molecule has 0 bridgehead atoms. The predicted octanol–water partition coefficient (Wildman–Crippen LogP) is 3.98. The van der Waals surface area contributed by atoms with Gasteiger partial charge in [-0.1, -0.05) is 24.2 Å². The smallest absolute Gasteiger partial charge is 0.412 e. The number of pyridine rings is 2. The topological polar surface area (TPSA) is 308 Å². The summed E-state index contributed by atoms with van der Waals surface area (Å²) in [6.45, 7) is 2.82. The number of benzene rings is 3. The standard InChI is InChI=1S/C37H25BN7O16/c1-3-31(23-12-30-34-19(13-41(30)36(48)26(23)14-58-15-46)6-18-7-20(38-59-16-47)4-5-27(18)39-34)60-37(49)17(2)61-40-35-24-8-21(42(50)51)10-28(44(54)55)32(24)33-25(35)9-22(43(52)53)11-29(33)45(56)57/h4-12,15-17,31H,3,13-14H2,1-2H3/t17-,31+/m1/s1. The van der Waals surface area contributed by atoms with Crippen LogP contribution in [-0.4, -0.2) is 67.5 Å². The molecule has 2 aromatic heterocycles. The van der Waals surface area contributed by atoms with E-state index in [-0.39, 0.29) is 37.0 Å². The Morgan fingerprint density at radius 2 is 1.54 bits per heavy atom. The van der Waals surface area contributed by atoms with Crippen molar-refractivity contribution in [1.29, 1.82) is 0 Å². The fourth-order valence-corrected chi connectivity index (χ4v) is 7.18. The van der Waals surface area contributed by atoms with E-state index in [1.54, 1.807) is 31.2 Å². The molecule has 1 aliphatic carbocycles. The third kappa shape index (κ3) is 7.32. The molecular weight excluding hydrogens is 809 g/mol. The van der Waals surface area contributed by atoms with E-state index in [2.05, 4.69) is 5.16 Å². The number of non-ortho nitro benzene ring substituents is 2. The second-order valence-corrected chi connectivity index (χ2v) is 13.4. The Balaban J connectivity index is 1.25. The van der Waals surface area contributed by atoms with Crippen LogP contribution in [0.3, 0.4) is 0 Å². The van der Waals surface area contributed by atoms with Crippen LogP contribution in [-0.2, 0) is 46.5 Å². The van der Waals surface area contributed by atoms with Crippen LogP contribution in [0.1, 0.15) is 54.2 Å². The third-order valence-corrected chi connectivity index (χ3v) is 9.87. The summed E-state index contributed by atoms with van der Waals surface area (Å²) in [6.07, 6.45) is -2.76. The van der Waals surface area contributed by atoms with Gasteiger partial charge in [-0.2, -0.15) is 0 Å². The zero-order chi connectivity index (χ0) is 43.9. The fraction of sp³-hybridized carbons (Fsp3) is 0.189. The van der Waals surface area contributed by atoms with Crippen LogP contribution in [0.2, 0.25) is 0 Å².